The fourth-order valence-electron chi connectivity index (χ4n) is 5.36. The number of carboxylic acid groups (broad SMARTS) is 1. The molecule has 38 heavy (non-hydrogen) atoms. The maximum atomic E-state index is 11.9. The van der Waals surface area contributed by atoms with Crippen LogP contribution in [0, 0.1) is 0 Å². The number of ether oxygens (including phenoxy) is 3. The predicted octanol–water partition coefficient (Wildman–Crippen LogP) is 2.06. The van der Waals surface area contributed by atoms with Gasteiger partial charge in [0.1, 0.15) is 5.60 Å². The summed E-state index contributed by atoms with van der Waals surface area (Å²) in [5, 5.41) is 12.4. The summed E-state index contributed by atoms with van der Waals surface area (Å²) in [6, 6.07) is 4.14. The number of aryl methyl sites for hydroxylation is 1. The molecule has 2 amide bonds. The molecule has 0 aromatic carbocycles. The molecule has 5 heterocycles. The zero-order chi connectivity index (χ0) is 27.1. The Balaban J connectivity index is 0.000000186. The number of carbonyl (C=O) groups excluding carboxylic acids is 1. The first kappa shape index (κ1) is 28.5. The van der Waals surface area contributed by atoms with Crippen LogP contribution in [-0.2, 0) is 20.6 Å². The molecule has 2 N–H and O–H groups in total. The van der Waals surface area contributed by atoms with E-state index in [1.807, 2.05) is 33.2 Å². The van der Waals surface area contributed by atoms with E-state index in [0.29, 0.717) is 26.2 Å². The molecule has 0 radical (unpaired) electrons. The molecular weight excluding hydrogens is 490 g/mol. The lowest BCUT2D eigenvalue weighted by atomic mass is 10.1. The highest BCUT2D eigenvalue weighted by Gasteiger charge is 2.37. The lowest BCUT2D eigenvalue weighted by molar-refractivity contribution is -0.131. The van der Waals surface area contributed by atoms with Crippen molar-refractivity contribution in [3.8, 4) is 0 Å². The third kappa shape index (κ3) is 8.79. The molecule has 11 heteroatoms. The van der Waals surface area contributed by atoms with Crippen LogP contribution in [0.3, 0.4) is 0 Å². The molecule has 0 aliphatic carbocycles. The number of aromatic nitrogens is 1. The second-order valence-electron chi connectivity index (χ2n) is 11.6. The fourth-order valence-corrected chi connectivity index (χ4v) is 5.36. The standard InChI is InChI=1S/C16H23N3O3.C11H20N2O3/c20-16(21)19-11-14-9-18(10-15(12-19)22-14)8-2-1-3-13-4-6-17-7-5-13;1-11(2,3)16-10(14)13-6-8-4-12-5-9(7-13)15-8/h4-7,14-15H,1-3,8-12H2,(H,20,21);8-9,12H,4-7H2,1-3H3. The average Bonchev–Trinajstić information content (AvgIpc) is 2.86. The molecule has 0 saturated carbocycles. The number of amides is 2. The van der Waals surface area contributed by atoms with Crippen LogP contribution in [0.4, 0.5) is 9.59 Å². The van der Waals surface area contributed by atoms with Crippen LogP contribution >= 0.6 is 0 Å². The van der Waals surface area contributed by atoms with Crippen molar-refractivity contribution in [2.75, 3.05) is 58.9 Å². The van der Waals surface area contributed by atoms with Gasteiger partial charge in [0.05, 0.1) is 50.6 Å². The summed E-state index contributed by atoms with van der Waals surface area (Å²) in [5.74, 6) is 0. The normalized spacial score (nSPS) is 27.2. The van der Waals surface area contributed by atoms with Gasteiger partial charge >= 0.3 is 12.2 Å². The maximum Gasteiger partial charge on any atom is 0.410 e. The summed E-state index contributed by atoms with van der Waals surface area (Å²) in [6.07, 6.45) is 6.32. The number of unbranched alkanes of at least 4 members (excludes halogenated alkanes) is 1. The van der Waals surface area contributed by atoms with Crippen molar-refractivity contribution in [2.45, 2.75) is 70.1 Å². The summed E-state index contributed by atoms with van der Waals surface area (Å²) in [4.78, 5) is 32.6. The third-order valence-corrected chi connectivity index (χ3v) is 6.99. The van der Waals surface area contributed by atoms with Gasteiger partial charge in [-0.2, -0.15) is 0 Å². The van der Waals surface area contributed by atoms with E-state index in [0.717, 1.165) is 52.0 Å². The minimum Gasteiger partial charge on any atom is -0.465 e. The first-order valence-electron chi connectivity index (χ1n) is 13.7. The number of nitrogens with zero attached hydrogens (tertiary/aromatic N) is 4. The Morgan fingerprint density at radius 3 is 2.11 bits per heavy atom. The molecule has 4 atom stereocenters. The van der Waals surface area contributed by atoms with Gasteiger partial charge in [0.15, 0.2) is 0 Å². The van der Waals surface area contributed by atoms with E-state index in [9.17, 15) is 9.59 Å². The molecule has 212 valence electrons. The van der Waals surface area contributed by atoms with Gasteiger partial charge in [-0.15, -0.1) is 0 Å². The largest absolute Gasteiger partial charge is 0.465 e. The van der Waals surface area contributed by atoms with Crippen molar-refractivity contribution in [3.05, 3.63) is 30.1 Å². The number of hydrogen-bond acceptors (Lipinski definition) is 8. The minimum atomic E-state index is -0.830. The summed E-state index contributed by atoms with van der Waals surface area (Å²) >= 11 is 0. The Hall–Kier alpha value is -2.47. The van der Waals surface area contributed by atoms with Crippen molar-refractivity contribution in [3.63, 3.8) is 0 Å². The SMILES string of the molecule is CC(C)(C)OC(=O)N1CC2CNCC(C1)O2.O=C(O)N1CC2CN(CCCCc3ccncc3)CC(C1)O2. The highest BCUT2D eigenvalue weighted by atomic mass is 16.6. The molecule has 1 aromatic rings. The maximum absolute atomic E-state index is 11.9. The Kier molecular flexibility index (Phi) is 9.80. The van der Waals surface area contributed by atoms with Gasteiger partial charge in [-0.05, 0) is 64.3 Å². The third-order valence-electron chi connectivity index (χ3n) is 6.99. The number of pyridine rings is 1. The highest BCUT2D eigenvalue weighted by Crippen LogP contribution is 2.20. The van der Waals surface area contributed by atoms with E-state index in [-0.39, 0.29) is 30.5 Å². The van der Waals surface area contributed by atoms with Crippen molar-refractivity contribution in [2.24, 2.45) is 0 Å². The number of nitrogens with one attached hydrogen (secondary N) is 1. The highest BCUT2D eigenvalue weighted by molar-refractivity contribution is 5.68. The molecule has 4 fully saturated rings. The van der Waals surface area contributed by atoms with Crippen molar-refractivity contribution >= 4 is 12.2 Å². The first-order valence-corrected chi connectivity index (χ1v) is 13.7. The van der Waals surface area contributed by atoms with Crippen molar-refractivity contribution in [1.82, 2.24) is 25.0 Å². The van der Waals surface area contributed by atoms with Crippen LogP contribution < -0.4 is 5.32 Å². The predicted molar refractivity (Wildman–Crippen MR) is 141 cm³/mol. The molecule has 11 nitrogen and oxygen atoms in total. The Bertz CT molecular complexity index is 887. The lowest BCUT2D eigenvalue weighted by Crippen LogP contribution is -2.60. The number of rotatable bonds is 5. The average molecular weight is 534 g/mol. The monoisotopic (exact) mass is 533 g/mol. The summed E-state index contributed by atoms with van der Waals surface area (Å²) in [7, 11) is 0. The first-order chi connectivity index (χ1) is 18.1. The topological polar surface area (TPSA) is 117 Å². The van der Waals surface area contributed by atoms with Gasteiger partial charge in [-0.25, -0.2) is 9.59 Å². The zero-order valence-electron chi connectivity index (χ0n) is 22.9. The van der Waals surface area contributed by atoms with Crippen molar-refractivity contribution < 1.29 is 28.9 Å². The quantitative estimate of drug-likeness (QED) is 0.549. The van der Waals surface area contributed by atoms with E-state index >= 15 is 0 Å². The number of hydrogen-bond donors (Lipinski definition) is 2. The van der Waals surface area contributed by atoms with E-state index in [1.54, 1.807) is 4.90 Å². The van der Waals surface area contributed by atoms with Crippen LogP contribution in [0.25, 0.3) is 0 Å². The van der Waals surface area contributed by atoms with E-state index in [4.69, 9.17) is 19.3 Å². The Morgan fingerprint density at radius 1 is 0.947 bits per heavy atom. The fraction of sp³-hybridized carbons (Fsp3) is 0.741. The lowest BCUT2D eigenvalue weighted by Gasteiger charge is -2.45. The van der Waals surface area contributed by atoms with Crippen molar-refractivity contribution in [1.29, 1.82) is 0 Å². The Morgan fingerprint density at radius 2 is 1.53 bits per heavy atom. The number of morpholine rings is 4. The van der Waals surface area contributed by atoms with Gasteiger partial charge in [-0.3, -0.25) is 9.88 Å². The smallest absolute Gasteiger partial charge is 0.410 e. The van der Waals surface area contributed by atoms with Crippen LogP contribution in [-0.4, -0.2) is 126 Å². The van der Waals surface area contributed by atoms with Crippen LogP contribution in [0.5, 0.6) is 0 Å². The molecule has 4 saturated heterocycles. The number of carbonyl (C=O) groups is 2. The summed E-state index contributed by atoms with van der Waals surface area (Å²) in [6.45, 7) is 12.3. The van der Waals surface area contributed by atoms with E-state index in [2.05, 4.69) is 27.3 Å². The van der Waals surface area contributed by atoms with Gasteiger partial charge in [-0.1, -0.05) is 0 Å². The Labute approximate surface area is 225 Å². The van der Waals surface area contributed by atoms with Gasteiger partial charge < -0.3 is 34.4 Å². The van der Waals surface area contributed by atoms with Crippen LogP contribution in [0.2, 0.25) is 0 Å². The molecule has 5 rings (SSSR count). The van der Waals surface area contributed by atoms with E-state index in [1.165, 1.54) is 10.5 Å². The molecule has 0 spiro atoms. The molecule has 4 aliphatic heterocycles. The molecule has 1 aromatic heterocycles. The second kappa shape index (κ2) is 13.1. The summed E-state index contributed by atoms with van der Waals surface area (Å²) < 4.78 is 16.9. The molecule has 4 bridgehead atoms. The van der Waals surface area contributed by atoms with E-state index < -0.39 is 11.7 Å². The summed E-state index contributed by atoms with van der Waals surface area (Å²) in [5.41, 5.74) is 0.911. The van der Waals surface area contributed by atoms with Crippen LogP contribution in [0.1, 0.15) is 39.2 Å². The zero-order valence-corrected chi connectivity index (χ0v) is 22.9. The molecule has 4 aliphatic rings. The van der Waals surface area contributed by atoms with Gasteiger partial charge in [0.25, 0.3) is 0 Å². The second-order valence-corrected chi connectivity index (χ2v) is 11.6. The molecule has 4 unspecified atom stereocenters. The van der Waals surface area contributed by atoms with Gasteiger partial charge in [0.2, 0.25) is 0 Å². The van der Waals surface area contributed by atoms with Crippen LogP contribution in [0.15, 0.2) is 24.5 Å². The molecular formula is C27H43N5O6. The van der Waals surface area contributed by atoms with Gasteiger partial charge in [0, 0.05) is 38.6 Å². The minimum absolute atomic E-state index is 0.0313. The number of fused-ring (bicyclic) bond motifs is 4.